The van der Waals surface area contributed by atoms with Gasteiger partial charge in [0.1, 0.15) is 0 Å². The number of methoxy groups -OCH3 is 1. The highest BCUT2D eigenvalue weighted by atomic mass is 32.2. The number of aliphatic hydroxyl groups is 1. The number of aromatic nitrogens is 1. The minimum atomic E-state index is -0.275. The van der Waals surface area contributed by atoms with Crippen LogP contribution in [0.1, 0.15) is 30.9 Å². The van der Waals surface area contributed by atoms with Crippen molar-refractivity contribution in [1.82, 2.24) is 15.2 Å². The first kappa shape index (κ1) is 17.4. The minimum absolute atomic E-state index is 0.0211. The number of hydrogen-bond acceptors (Lipinski definition) is 7. The molecule has 0 bridgehead atoms. The Kier molecular flexibility index (Phi) is 4.86. The zero-order chi connectivity index (χ0) is 18.1. The number of aliphatic imine (C=N–C) groups is 1. The van der Waals surface area contributed by atoms with Crippen molar-refractivity contribution in [2.24, 2.45) is 10.9 Å². The van der Waals surface area contributed by atoms with E-state index in [-0.39, 0.29) is 24.0 Å². The van der Waals surface area contributed by atoms with E-state index in [0.29, 0.717) is 25.1 Å². The van der Waals surface area contributed by atoms with Gasteiger partial charge in [0, 0.05) is 24.5 Å². The van der Waals surface area contributed by atoms with Crippen LogP contribution in [0.2, 0.25) is 0 Å². The fraction of sp³-hybridized carbons (Fsp3) is 0.500. The van der Waals surface area contributed by atoms with Gasteiger partial charge >= 0.3 is 0 Å². The van der Waals surface area contributed by atoms with Crippen molar-refractivity contribution in [3.8, 4) is 5.88 Å². The van der Waals surface area contributed by atoms with Crippen LogP contribution >= 0.6 is 11.8 Å². The molecule has 1 fully saturated rings. The summed E-state index contributed by atoms with van der Waals surface area (Å²) in [6, 6.07) is 3.58. The molecule has 1 amide bonds. The second-order valence-corrected chi connectivity index (χ2v) is 7.62. The fourth-order valence-corrected chi connectivity index (χ4v) is 4.53. The Morgan fingerprint density at radius 2 is 2.35 bits per heavy atom. The first-order valence-electron chi connectivity index (χ1n) is 8.79. The molecular weight excluding hydrogens is 352 g/mol. The van der Waals surface area contributed by atoms with Gasteiger partial charge < -0.3 is 20.1 Å². The number of thioether (sulfide) groups is 1. The van der Waals surface area contributed by atoms with E-state index >= 15 is 0 Å². The number of rotatable bonds is 6. The molecule has 2 aliphatic heterocycles. The van der Waals surface area contributed by atoms with Crippen LogP contribution in [-0.2, 0) is 4.79 Å². The molecule has 1 aromatic rings. The van der Waals surface area contributed by atoms with Crippen molar-refractivity contribution in [1.29, 1.82) is 0 Å². The van der Waals surface area contributed by atoms with Gasteiger partial charge in [0.25, 0.3) is 0 Å². The molecule has 1 aliphatic carbocycles. The molecule has 138 valence electrons. The van der Waals surface area contributed by atoms with E-state index in [1.807, 2.05) is 11.5 Å². The SMILES string of the molecule is COc1ccc([C@H](NC(=O)CC2=CSC3=NCCN23)C2CC(O)C2)cn1. The topological polar surface area (TPSA) is 87.0 Å². The lowest BCUT2D eigenvalue weighted by Gasteiger charge is -2.38. The third-order valence-corrected chi connectivity index (χ3v) is 6.01. The molecule has 1 atom stereocenters. The molecule has 26 heavy (non-hydrogen) atoms. The standard InChI is InChI=1S/C18H22N4O3S/c1-25-16-3-2-11(9-20-16)17(12-6-14(23)7-12)21-15(24)8-13-10-26-18-19-4-5-22(13)18/h2-3,9-10,12,14,17,23H,4-8H2,1H3,(H,21,24)/t12?,14?,17-/m0/s1. The summed E-state index contributed by atoms with van der Waals surface area (Å²) in [5.41, 5.74) is 1.94. The zero-order valence-electron chi connectivity index (χ0n) is 14.6. The van der Waals surface area contributed by atoms with Crippen molar-refractivity contribution >= 4 is 22.8 Å². The number of carbonyl (C=O) groups excluding carboxylic acids is 1. The zero-order valence-corrected chi connectivity index (χ0v) is 15.4. The van der Waals surface area contributed by atoms with Gasteiger partial charge in [0.05, 0.1) is 32.2 Å². The smallest absolute Gasteiger partial charge is 0.226 e. The van der Waals surface area contributed by atoms with Crippen molar-refractivity contribution in [3.63, 3.8) is 0 Å². The average molecular weight is 374 g/mol. The molecule has 0 unspecified atom stereocenters. The van der Waals surface area contributed by atoms with Gasteiger partial charge in [-0.15, -0.1) is 0 Å². The lowest BCUT2D eigenvalue weighted by atomic mass is 9.75. The maximum absolute atomic E-state index is 12.7. The van der Waals surface area contributed by atoms with Crippen molar-refractivity contribution in [2.75, 3.05) is 20.2 Å². The van der Waals surface area contributed by atoms with E-state index in [9.17, 15) is 9.90 Å². The normalized spacial score (nSPS) is 25.1. The van der Waals surface area contributed by atoms with Crippen molar-refractivity contribution < 1.29 is 14.6 Å². The molecule has 8 heteroatoms. The highest BCUT2D eigenvalue weighted by Gasteiger charge is 2.36. The van der Waals surface area contributed by atoms with Gasteiger partial charge in [-0.2, -0.15) is 0 Å². The Balaban J connectivity index is 1.44. The van der Waals surface area contributed by atoms with Crippen LogP contribution in [0.15, 0.2) is 34.4 Å². The van der Waals surface area contributed by atoms with Gasteiger partial charge in [-0.3, -0.25) is 9.79 Å². The summed E-state index contributed by atoms with van der Waals surface area (Å²) < 4.78 is 5.11. The number of pyridine rings is 1. The van der Waals surface area contributed by atoms with Crippen LogP contribution in [-0.4, -0.2) is 52.4 Å². The molecule has 3 heterocycles. The van der Waals surface area contributed by atoms with Gasteiger partial charge in [-0.25, -0.2) is 4.98 Å². The number of nitrogens with zero attached hydrogens (tertiary/aromatic N) is 3. The van der Waals surface area contributed by atoms with E-state index in [2.05, 4.69) is 20.2 Å². The van der Waals surface area contributed by atoms with Crippen molar-refractivity contribution in [3.05, 3.63) is 35.0 Å². The Bertz CT molecular complexity index is 743. The molecule has 1 aromatic heterocycles. The summed E-state index contributed by atoms with van der Waals surface area (Å²) in [4.78, 5) is 23.5. The Morgan fingerprint density at radius 1 is 1.50 bits per heavy atom. The number of amidine groups is 1. The molecule has 0 saturated heterocycles. The van der Waals surface area contributed by atoms with Gasteiger partial charge in [0.2, 0.25) is 11.8 Å². The molecule has 4 rings (SSSR count). The lowest BCUT2D eigenvalue weighted by molar-refractivity contribution is -0.122. The first-order valence-corrected chi connectivity index (χ1v) is 9.67. The third kappa shape index (κ3) is 3.43. The highest BCUT2D eigenvalue weighted by Crippen LogP contribution is 2.38. The van der Waals surface area contributed by atoms with E-state index < -0.39 is 0 Å². The molecular formula is C18H22N4O3S. The average Bonchev–Trinajstić information content (AvgIpc) is 3.22. The highest BCUT2D eigenvalue weighted by molar-refractivity contribution is 8.16. The maximum Gasteiger partial charge on any atom is 0.226 e. The van der Waals surface area contributed by atoms with E-state index in [1.54, 1.807) is 31.1 Å². The number of aliphatic hydroxyl groups excluding tert-OH is 1. The predicted molar refractivity (Wildman–Crippen MR) is 99.7 cm³/mol. The maximum atomic E-state index is 12.7. The molecule has 2 N–H and O–H groups in total. The molecule has 0 spiro atoms. The first-order chi connectivity index (χ1) is 12.6. The molecule has 3 aliphatic rings. The summed E-state index contributed by atoms with van der Waals surface area (Å²) >= 11 is 1.58. The number of carbonyl (C=O) groups is 1. The van der Waals surface area contributed by atoms with Crippen molar-refractivity contribution in [2.45, 2.75) is 31.4 Å². The molecule has 0 radical (unpaired) electrons. The number of ether oxygens (including phenoxy) is 1. The fourth-order valence-electron chi connectivity index (χ4n) is 3.58. The van der Waals surface area contributed by atoms with Crippen LogP contribution in [0.5, 0.6) is 5.88 Å². The number of fused-ring (bicyclic) bond motifs is 1. The van der Waals surface area contributed by atoms with Crippen LogP contribution in [0.25, 0.3) is 0 Å². The number of hydrogen-bond donors (Lipinski definition) is 2. The summed E-state index contributed by atoms with van der Waals surface area (Å²) in [6.07, 6.45) is 3.19. The van der Waals surface area contributed by atoms with Crippen LogP contribution in [0.3, 0.4) is 0 Å². The molecule has 7 nitrogen and oxygen atoms in total. The summed E-state index contributed by atoms with van der Waals surface area (Å²) in [7, 11) is 1.58. The van der Waals surface area contributed by atoms with Crippen LogP contribution < -0.4 is 10.1 Å². The summed E-state index contributed by atoms with van der Waals surface area (Å²) in [5, 5.41) is 15.8. The largest absolute Gasteiger partial charge is 0.481 e. The van der Waals surface area contributed by atoms with Crippen LogP contribution in [0.4, 0.5) is 0 Å². The Morgan fingerprint density at radius 3 is 3.04 bits per heavy atom. The van der Waals surface area contributed by atoms with Crippen LogP contribution in [0, 0.1) is 5.92 Å². The van der Waals surface area contributed by atoms with E-state index in [4.69, 9.17) is 4.74 Å². The summed E-state index contributed by atoms with van der Waals surface area (Å²) in [5.74, 6) is 0.744. The second kappa shape index (κ2) is 7.28. The number of amides is 1. The minimum Gasteiger partial charge on any atom is -0.481 e. The van der Waals surface area contributed by atoms with E-state index in [0.717, 1.165) is 29.5 Å². The molecule has 1 saturated carbocycles. The predicted octanol–water partition coefficient (Wildman–Crippen LogP) is 1.67. The van der Waals surface area contributed by atoms with Gasteiger partial charge in [0.15, 0.2) is 5.17 Å². The third-order valence-electron chi connectivity index (χ3n) is 5.06. The van der Waals surface area contributed by atoms with E-state index in [1.165, 1.54) is 0 Å². The van der Waals surface area contributed by atoms with Gasteiger partial charge in [-0.05, 0) is 29.7 Å². The summed E-state index contributed by atoms with van der Waals surface area (Å²) in [6.45, 7) is 1.64. The molecule has 0 aromatic carbocycles. The quantitative estimate of drug-likeness (QED) is 0.788. The number of nitrogens with one attached hydrogen (secondary N) is 1. The van der Waals surface area contributed by atoms with Gasteiger partial charge in [-0.1, -0.05) is 17.8 Å². The monoisotopic (exact) mass is 374 g/mol. The lowest BCUT2D eigenvalue weighted by Crippen LogP contribution is -2.41. The Labute approximate surface area is 156 Å². The second-order valence-electron chi connectivity index (χ2n) is 6.78. The Hall–Kier alpha value is -2.06.